The second kappa shape index (κ2) is 11.3. The van der Waals surface area contributed by atoms with E-state index in [-0.39, 0.29) is 22.3 Å². The standard InChI is InChI=1S/C31H25ClN2O4S/c1-3-19-11-13-23(14-12-19)34-30(36)25(29(35)33-31(34)39)15-20-16-26(32)28(27(17-20)37-2)38-18-22-9-6-8-21-7-4-5-10-24(21)22/h4-17H,3,18H2,1-2H3,(H,33,35,39)/b25-15+. The smallest absolute Gasteiger partial charge is 0.270 e. The summed E-state index contributed by atoms with van der Waals surface area (Å²) in [7, 11) is 1.51. The fraction of sp³-hybridized carbons (Fsp3) is 0.129. The van der Waals surface area contributed by atoms with E-state index < -0.39 is 11.8 Å². The minimum atomic E-state index is -0.585. The molecule has 8 heteroatoms. The van der Waals surface area contributed by atoms with Crippen molar-refractivity contribution in [1.82, 2.24) is 5.32 Å². The van der Waals surface area contributed by atoms with E-state index in [1.165, 1.54) is 18.1 Å². The fourth-order valence-corrected chi connectivity index (χ4v) is 5.03. The highest BCUT2D eigenvalue weighted by Crippen LogP contribution is 2.38. The van der Waals surface area contributed by atoms with Crippen LogP contribution in [0.1, 0.15) is 23.6 Å². The van der Waals surface area contributed by atoms with Crippen molar-refractivity contribution in [2.75, 3.05) is 12.0 Å². The molecule has 2 amide bonds. The van der Waals surface area contributed by atoms with Gasteiger partial charge in [0.15, 0.2) is 16.6 Å². The van der Waals surface area contributed by atoms with Crippen LogP contribution < -0.4 is 19.7 Å². The number of thiocarbonyl (C=S) groups is 1. The molecule has 0 spiro atoms. The molecule has 196 valence electrons. The van der Waals surface area contributed by atoms with Gasteiger partial charge in [0.1, 0.15) is 12.2 Å². The van der Waals surface area contributed by atoms with E-state index in [0.717, 1.165) is 28.3 Å². The Hall–Kier alpha value is -4.20. The predicted octanol–water partition coefficient (Wildman–Crippen LogP) is 6.47. The molecular weight excluding hydrogens is 532 g/mol. The first-order chi connectivity index (χ1) is 18.9. The highest BCUT2D eigenvalue weighted by molar-refractivity contribution is 7.80. The second-order valence-corrected chi connectivity index (χ2v) is 9.73. The van der Waals surface area contributed by atoms with Crippen LogP contribution in [0.5, 0.6) is 11.5 Å². The number of benzene rings is 4. The fourth-order valence-electron chi connectivity index (χ4n) is 4.47. The summed E-state index contributed by atoms with van der Waals surface area (Å²) in [6.07, 6.45) is 2.33. The number of carbonyl (C=O) groups excluding carboxylic acids is 2. The van der Waals surface area contributed by atoms with Crippen molar-refractivity contribution in [1.29, 1.82) is 0 Å². The molecule has 0 aromatic heterocycles. The number of carbonyl (C=O) groups is 2. The normalized spacial score (nSPS) is 14.6. The summed E-state index contributed by atoms with van der Waals surface area (Å²) in [6.45, 7) is 2.33. The Bertz CT molecular complexity index is 1630. The first kappa shape index (κ1) is 26.4. The predicted molar refractivity (Wildman–Crippen MR) is 158 cm³/mol. The largest absolute Gasteiger partial charge is 0.493 e. The Balaban J connectivity index is 1.43. The topological polar surface area (TPSA) is 67.9 Å². The summed E-state index contributed by atoms with van der Waals surface area (Å²) in [5.74, 6) is -0.370. The molecule has 1 saturated heterocycles. The van der Waals surface area contributed by atoms with Crippen LogP contribution in [0.2, 0.25) is 5.02 Å². The van der Waals surface area contributed by atoms with Crippen LogP contribution in [-0.2, 0) is 22.6 Å². The van der Waals surface area contributed by atoms with Gasteiger partial charge in [-0.15, -0.1) is 0 Å². The maximum atomic E-state index is 13.4. The third-order valence-electron chi connectivity index (χ3n) is 6.52. The van der Waals surface area contributed by atoms with E-state index in [1.807, 2.05) is 61.5 Å². The van der Waals surface area contributed by atoms with E-state index in [2.05, 4.69) is 5.32 Å². The molecule has 1 aliphatic heterocycles. The molecule has 0 saturated carbocycles. The maximum absolute atomic E-state index is 13.4. The first-order valence-electron chi connectivity index (χ1n) is 12.4. The lowest BCUT2D eigenvalue weighted by molar-refractivity contribution is -0.122. The molecule has 0 aliphatic carbocycles. The summed E-state index contributed by atoms with van der Waals surface area (Å²) >= 11 is 11.9. The van der Waals surface area contributed by atoms with Crippen molar-refractivity contribution >= 4 is 63.3 Å². The zero-order chi connectivity index (χ0) is 27.5. The Morgan fingerprint density at radius 3 is 2.49 bits per heavy atom. The molecule has 0 bridgehead atoms. The van der Waals surface area contributed by atoms with Crippen LogP contribution in [0.15, 0.2) is 84.4 Å². The Morgan fingerprint density at radius 2 is 1.74 bits per heavy atom. The van der Waals surface area contributed by atoms with Crippen LogP contribution in [-0.4, -0.2) is 24.0 Å². The highest BCUT2D eigenvalue weighted by atomic mass is 35.5. The zero-order valence-electron chi connectivity index (χ0n) is 21.4. The van der Waals surface area contributed by atoms with Gasteiger partial charge in [0.25, 0.3) is 11.8 Å². The quantitative estimate of drug-likeness (QED) is 0.160. The number of nitrogens with zero attached hydrogens (tertiary/aromatic N) is 1. The number of halogens is 1. The molecule has 5 rings (SSSR count). The number of hydrogen-bond donors (Lipinski definition) is 1. The molecule has 0 radical (unpaired) electrons. The van der Waals surface area contributed by atoms with Gasteiger partial charge in [-0.05, 0) is 76.4 Å². The summed E-state index contributed by atoms with van der Waals surface area (Å²) < 4.78 is 11.7. The Kier molecular flexibility index (Phi) is 7.63. The number of amides is 2. The van der Waals surface area contributed by atoms with Crippen LogP contribution in [0.4, 0.5) is 5.69 Å². The minimum absolute atomic E-state index is 0.0270. The number of hydrogen-bond acceptors (Lipinski definition) is 5. The molecule has 1 N–H and O–H groups in total. The molecule has 39 heavy (non-hydrogen) atoms. The summed E-state index contributed by atoms with van der Waals surface area (Å²) in [5.41, 5.74) is 3.12. The van der Waals surface area contributed by atoms with Crippen molar-refractivity contribution in [3.8, 4) is 11.5 Å². The summed E-state index contributed by atoms with van der Waals surface area (Å²) in [5, 5.41) is 5.12. The van der Waals surface area contributed by atoms with E-state index in [1.54, 1.807) is 24.3 Å². The summed E-state index contributed by atoms with van der Waals surface area (Å²) in [6, 6.07) is 24.9. The van der Waals surface area contributed by atoms with Gasteiger partial charge in [0.2, 0.25) is 0 Å². The number of rotatable bonds is 7. The van der Waals surface area contributed by atoms with Gasteiger partial charge in [0, 0.05) is 0 Å². The molecule has 4 aromatic carbocycles. The molecule has 4 aromatic rings. The number of anilines is 1. The average molecular weight is 557 g/mol. The van der Waals surface area contributed by atoms with Crippen molar-refractivity contribution < 1.29 is 19.1 Å². The Labute approximate surface area is 236 Å². The van der Waals surface area contributed by atoms with Crippen LogP contribution >= 0.6 is 23.8 Å². The molecule has 1 aliphatic rings. The van der Waals surface area contributed by atoms with Gasteiger partial charge >= 0.3 is 0 Å². The van der Waals surface area contributed by atoms with Crippen molar-refractivity contribution in [2.45, 2.75) is 20.0 Å². The van der Waals surface area contributed by atoms with Crippen molar-refractivity contribution in [3.05, 3.63) is 106 Å². The van der Waals surface area contributed by atoms with E-state index in [0.29, 0.717) is 22.7 Å². The van der Waals surface area contributed by atoms with E-state index >= 15 is 0 Å². The lowest BCUT2D eigenvalue weighted by atomic mass is 10.1. The third-order valence-corrected chi connectivity index (χ3v) is 7.08. The van der Waals surface area contributed by atoms with Gasteiger partial charge in [-0.3, -0.25) is 19.8 Å². The minimum Gasteiger partial charge on any atom is -0.493 e. The molecular formula is C31H25ClN2O4S. The molecule has 6 nitrogen and oxygen atoms in total. The number of ether oxygens (including phenoxy) is 2. The number of methoxy groups -OCH3 is 1. The van der Waals surface area contributed by atoms with E-state index in [4.69, 9.17) is 33.3 Å². The van der Waals surface area contributed by atoms with Gasteiger partial charge in [-0.2, -0.15) is 0 Å². The second-order valence-electron chi connectivity index (χ2n) is 8.94. The van der Waals surface area contributed by atoms with Crippen molar-refractivity contribution in [3.63, 3.8) is 0 Å². The first-order valence-corrected chi connectivity index (χ1v) is 13.2. The van der Waals surface area contributed by atoms with Gasteiger partial charge in [-0.25, -0.2) is 0 Å². The third kappa shape index (κ3) is 5.37. The monoisotopic (exact) mass is 556 g/mol. The van der Waals surface area contributed by atoms with Crippen LogP contribution in [0.3, 0.4) is 0 Å². The zero-order valence-corrected chi connectivity index (χ0v) is 22.9. The van der Waals surface area contributed by atoms with Crippen LogP contribution in [0.25, 0.3) is 16.8 Å². The molecule has 1 heterocycles. The average Bonchev–Trinajstić information content (AvgIpc) is 2.94. The van der Waals surface area contributed by atoms with Crippen molar-refractivity contribution in [2.24, 2.45) is 0 Å². The van der Waals surface area contributed by atoms with E-state index in [9.17, 15) is 9.59 Å². The molecule has 1 fully saturated rings. The maximum Gasteiger partial charge on any atom is 0.270 e. The van der Waals surface area contributed by atoms with Crippen LogP contribution in [0, 0.1) is 0 Å². The number of aryl methyl sites for hydroxylation is 1. The molecule has 0 unspecified atom stereocenters. The lowest BCUT2D eigenvalue weighted by Crippen LogP contribution is -2.54. The highest BCUT2D eigenvalue weighted by Gasteiger charge is 2.34. The van der Waals surface area contributed by atoms with Gasteiger partial charge in [0.05, 0.1) is 17.8 Å². The van der Waals surface area contributed by atoms with Gasteiger partial charge < -0.3 is 9.47 Å². The van der Waals surface area contributed by atoms with Gasteiger partial charge in [-0.1, -0.05) is 73.1 Å². The number of fused-ring (bicyclic) bond motifs is 1. The summed E-state index contributed by atoms with van der Waals surface area (Å²) in [4.78, 5) is 27.5. The lowest BCUT2D eigenvalue weighted by Gasteiger charge is -2.29. The Morgan fingerprint density at radius 1 is 1.00 bits per heavy atom. The molecule has 0 atom stereocenters. The SMILES string of the molecule is CCc1ccc(N2C(=O)/C(=C/c3cc(Cl)c(OCc4cccc5ccccc45)c(OC)c3)C(=O)NC2=S)cc1. The number of nitrogens with one attached hydrogen (secondary N) is 1.